The molecule has 2 amide bonds. The summed E-state index contributed by atoms with van der Waals surface area (Å²) in [6, 6.07) is 16.1. The summed E-state index contributed by atoms with van der Waals surface area (Å²) >= 11 is 7.74. The number of rotatable bonds is 6. The van der Waals surface area contributed by atoms with Crippen molar-refractivity contribution in [2.45, 2.75) is 33.7 Å². The van der Waals surface area contributed by atoms with Gasteiger partial charge in [0, 0.05) is 16.9 Å². The lowest BCUT2D eigenvalue weighted by Gasteiger charge is -2.15. The largest absolute Gasteiger partial charge is 0.323 e. The van der Waals surface area contributed by atoms with Crippen molar-refractivity contribution in [1.29, 1.82) is 0 Å². The van der Waals surface area contributed by atoms with Crippen LogP contribution in [0.4, 0.5) is 11.4 Å². The molecule has 0 saturated carbocycles. The van der Waals surface area contributed by atoms with Crippen molar-refractivity contribution in [3.05, 3.63) is 81.6 Å². The molecule has 0 fully saturated rings. The monoisotopic (exact) mass is 493 g/mol. The predicted molar refractivity (Wildman–Crippen MR) is 137 cm³/mol. The standard InChI is InChI=1S/C25H24ClN5O2S/c1-14-12-15(2)31(30-14)17(4)23(32)29-21-11-10-19(13-20(21)26)28-24(33)22-16(3)27-25(34-22)18-8-6-5-7-9-18/h5-13,17H,1-4H3,(H,28,33)(H,29,32)/t17-/m1/s1. The average Bonchev–Trinajstić information content (AvgIpc) is 3.36. The second-order valence-corrected chi connectivity index (χ2v) is 9.39. The third-order valence-electron chi connectivity index (χ3n) is 5.30. The molecule has 0 spiro atoms. The van der Waals surface area contributed by atoms with E-state index in [0.29, 0.717) is 27.0 Å². The van der Waals surface area contributed by atoms with Gasteiger partial charge in [-0.2, -0.15) is 5.10 Å². The number of nitrogens with zero attached hydrogens (tertiary/aromatic N) is 3. The van der Waals surface area contributed by atoms with E-state index in [1.165, 1.54) is 11.3 Å². The van der Waals surface area contributed by atoms with Gasteiger partial charge in [-0.25, -0.2) is 4.98 Å². The number of benzene rings is 2. The maximum absolute atomic E-state index is 12.9. The highest BCUT2D eigenvalue weighted by molar-refractivity contribution is 7.17. The quantitative estimate of drug-likeness (QED) is 0.343. The SMILES string of the molecule is Cc1cc(C)n([C@H](C)C(=O)Nc2ccc(NC(=O)c3sc(-c4ccccc4)nc3C)cc2Cl)n1. The number of thiazole rings is 1. The highest BCUT2D eigenvalue weighted by Crippen LogP contribution is 2.30. The minimum atomic E-state index is -0.503. The molecule has 0 saturated heterocycles. The Morgan fingerprint density at radius 1 is 1.03 bits per heavy atom. The number of carbonyl (C=O) groups excluding carboxylic acids is 2. The number of anilines is 2. The number of halogens is 1. The zero-order valence-electron chi connectivity index (χ0n) is 19.2. The zero-order valence-corrected chi connectivity index (χ0v) is 20.8. The Morgan fingerprint density at radius 2 is 1.76 bits per heavy atom. The third kappa shape index (κ3) is 5.03. The van der Waals surface area contributed by atoms with Crippen LogP contribution in [0.1, 0.15) is 39.7 Å². The van der Waals surface area contributed by atoms with Crippen molar-refractivity contribution in [3.63, 3.8) is 0 Å². The molecule has 0 unspecified atom stereocenters. The molecule has 9 heteroatoms. The Bertz CT molecular complexity index is 1360. The number of carbonyl (C=O) groups is 2. The summed E-state index contributed by atoms with van der Waals surface area (Å²) in [5, 5.41) is 11.2. The van der Waals surface area contributed by atoms with Gasteiger partial charge in [0.1, 0.15) is 15.9 Å². The molecule has 174 valence electrons. The van der Waals surface area contributed by atoms with E-state index in [0.717, 1.165) is 22.0 Å². The minimum absolute atomic E-state index is 0.237. The van der Waals surface area contributed by atoms with Gasteiger partial charge in [0.05, 0.1) is 22.1 Å². The molecular formula is C25H24ClN5O2S. The maximum Gasteiger partial charge on any atom is 0.267 e. The van der Waals surface area contributed by atoms with E-state index >= 15 is 0 Å². The average molecular weight is 494 g/mol. The second-order valence-electron chi connectivity index (χ2n) is 7.99. The van der Waals surface area contributed by atoms with Gasteiger partial charge < -0.3 is 10.6 Å². The van der Waals surface area contributed by atoms with Crippen LogP contribution < -0.4 is 10.6 Å². The topological polar surface area (TPSA) is 88.9 Å². The van der Waals surface area contributed by atoms with Crippen molar-refractivity contribution in [1.82, 2.24) is 14.8 Å². The number of amides is 2. The first-order chi connectivity index (χ1) is 16.2. The van der Waals surface area contributed by atoms with E-state index < -0.39 is 6.04 Å². The van der Waals surface area contributed by atoms with Gasteiger partial charge in [-0.15, -0.1) is 11.3 Å². The second kappa shape index (κ2) is 9.79. The van der Waals surface area contributed by atoms with Crippen LogP contribution in [0.2, 0.25) is 5.02 Å². The Balaban J connectivity index is 1.45. The maximum atomic E-state index is 12.9. The number of nitrogens with one attached hydrogen (secondary N) is 2. The molecule has 2 heterocycles. The first-order valence-corrected chi connectivity index (χ1v) is 11.9. The lowest BCUT2D eigenvalue weighted by molar-refractivity contribution is -0.119. The predicted octanol–water partition coefficient (Wildman–Crippen LogP) is 6.04. The van der Waals surface area contributed by atoms with Crippen LogP contribution in [0.25, 0.3) is 10.6 Å². The number of hydrogen-bond donors (Lipinski definition) is 2. The Kier molecular flexibility index (Phi) is 6.81. The highest BCUT2D eigenvalue weighted by Gasteiger charge is 2.20. The first-order valence-electron chi connectivity index (χ1n) is 10.7. The molecule has 0 aliphatic carbocycles. The first kappa shape index (κ1) is 23.7. The van der Waals surface area contributed by atoms with Gasteiger partial charge in [-0.3, -0.25) is 14.3 Å². The summed E-state index contributed by atoms with van der Waals surface area (Å²) in [6.45, 7) is 7.38. The smallest absolute Gasteiger partial charge is 0.267 e. The van der Waals surface area contributed by atoms with E-state index in [1.807, 2.05) is 57.2 Å². The summed E-state index contributed by atoms with van der Waals surface area (Å²) in [7, 11) is 0. The van der Waals surface area contributed by atoms with Gasteiger partial charge in [0.15, 0.2) is 0 Å². The van der Waals surface area contributed by atoms with Gasteiger partial charge >= 0.3 is 0 Å². The fourth-order valence-electron chi connectivity index (χ4n) is 3.58. The molecular weight excluding hydrogens is 470 g/mol. The van der Waals surface area contributed by atoms with Gasteiger partial charge in [0.25, 0.3) is 5.91 Å². The Hall–Kier alpha value is -3.49. The van der Waals surface area contributed by atoms with E-state index in [-0.39, 0.29) is 11.8 Å². The molecule has 0 bridgehead atoms. The van der Waals surface area contributed by atoms with Gasteiger partial charge in [0.2, 0.25) is 5.91 Å². The van der Waals surface area contributed by atoms with Crippen molar-refractivity contribution in [3.8, 4) is 10.6 Å². The molecule has 1 atom stereocenters. The summed E-state index contributed by atoms with van der Waals surface area (Å²) in [5.74, 6) is -0.498. The summed E-state index contributed by atoms with van der Waals surface area (Å²) < 4.78 is 1.67. The molecule has 4 rings (SSSR count). The third-order valence-corrected chi connectivity index (χ3v) is 6.82. The fourth-order valence-corrected chi connectivity index (χ4v) is 4.77. The lowest BCUT2D eigenvalue weighted by Crippen LogP contribution is -2.25. The van der Waals surface area contributed by atoms with Crippen LogP contribution in [-0.4, -0.2) is 26.6 Å². The van der Waals surface area contributed by atoms with Gasteiger partial charge in [-0.05, 0) is 52.0 Å². The Labute approximate surface area is 206 Å². The van der Waals surface area contributed by atoms with E-state index in [4.69, 9.17) is 11.6 Å². The molecule has 2 aromatic heterocycles. The lowest BCUT2D eigenvalue weighted by atomic mass is 10.2. The summed E-state index contributed by atoms with van der Waals surface area (Å²) in [6.07, 6.45) is 0. The van der Waals surface area contributed by atoms with Crippen LogP contribution in [0, 0.1) is 20.8 Å². The number of hydrogen-bond acceptors (Lipinski definition) is 5. The molecule has 2 aromatic carbocycles. The van der Waals surface area contributed by atoms with Crippen LogP contribution in [0.5, 0.6) is 0 Å². The highest BCUT2D eigenvalue weighted by atomic mass is 35.5. The molecule has 0 aliphatic heterocycles. The van der Waals surface area contributed by atoms with E-state index in [2.05, 4.69) is 20.7 Å². The van der Waals surface area contributed by atoms with Crippen LogP contribution in [-0.2, 0) is 4.79 Å². The summed E-state index contributed by atoms with van der Waals surface area (Å²) in [4.78, 5) is 30.7. The molecule has 0 radical (unpaired) electrons. The number of aromatic nitrogens is 3. The van der Waals surface area contributed by atoms with E-state index in [1.54, 1.807) is 29.8 Å². The van der Waals surface area contributed by atoms with E-state index in [9.17, 15) is 9.59 Å². The fraction of sp³-hybridized carbons (Fsp3) is 0.200. The molecule has 4 aromatic rings. The molecule has 7 nitrogen and oxygen atoms in total. The van der Waals surface area contributed by atoms with Crippen molar-refractivity contribution in [2.24, 2.45) is 0 Å². The van der Waals surface area contributed by atoms with Crippen molar-refractivity contribution in [2.75, 3.05) is 10.6 Å². The zero-order chi connectivity index (χ0) is 24.4. The van der Waals surface area contributed by atoms with Crippen LogP contribution in [0.3, 0.4) is 0 Å². The molecule has 2 N–H and O–H groups in total. The molecule has 34 heavy (non-hydrogen) atoms. The van der Waals surface area contributed by atoms with Crippen molar-refractivity contribution >= 4 is 46.1 Å². The number of aryl methyl sites for hydroxylation is 3. The van der Waals surface area contributed by atoms with Gasteiger partial charge in [-0.1, -0.05) is 41.9 Å². The molecule has 0 aliphatic rings. The minimum Gasteiger partial charge on any atom is -0.323 e. The normalized spacial score (nSPS) is 11.8. The van der Waals surface area contributed by atoms with Crippen molar-refractivity contribution < 1.29 is 9.59 Å². The summed E-state index contributed by atoms with van der Waals surface area (Å²) in [5.41, 5.74) is 4.36. The van der Waals surface area contributed by atoms with Crippen LogP contribution >= 0.6 is 22.9 Å². The Morgan fingerprint density at radius 3 is 2.41 bits per heavy atom. The van der Waals surface area contributed by atoms with Crippen LogP contribution in [0.15, 0.2) is 54.6 Å².